The molecule has 2 aromatic heterocycles. The Morgan fingerprint density at radius 1 is 0.920 bits per heavy atom. The lowest BCUT2D eigenvalue weighted by atomic mass is 10.1. The first-order valence-electron chi connectivity index (χ1n) is 7.99. The van der Waals surface area contributed by atoms with Crippen molar-refractivity contribution >= 4 is 21.8 Å². The zero-order valence-corrected chi connectivity index (χ0v) is 14.1. The summed E-state index contributed by atoms with van der Waals surface area (Å²) in [6, 6.07) is 15.9. The number of benzene rings is 2. The standard InChI is InChI=1S/C20H18N2O3/c1-23-17-10-14-16(22-15-8-9-21-20(24-2)19(14)15)11-18(17)25-12-13-6-4-3-5-7-13/h3-11,22H,12H2,1-2H3. The summed E-state index contributed by atoms with van der Waals surface area (Å²) < 4.78 is 16.9. The van der Waals surface area contributed by atoms with E-state index in [-0.39, 0.29) is 0 Å². The lowest BCUT2D eigenvalue weighted by Crippen LogP contribution is -1.97. The van der Waals surface area contributed by atoms with E-state index in [9.17, 15) is 0 Å². The minimum absolute atomic E-state index is 0.480. The van der Waals surface area contributed by atoms with E-state index in [4.69, 9.17) is 14.2 Å². The normalized spacial score (nSPS) is 11.0. The van der Waals surface area contributed by atoms with Gasteiger partial charge in [-0.2, -0.15) is 0 Å². The number of aromatic nitrogens is 2. The number of fused-ring (bicyclic) bond motifs is 3. The molecule has 1 N–H and O–H groups in total. The molecular formula is C20H18N2O3. The zero-order valence-electron chi connectivity index (χ0n) is 14.1. The Balaban J connectivity index is 1.79. The van der Waals surface area contributed by atoms with Gasteiger partial charge in [0.05, 0.1) is 30.6 Å². The second kappa shape index (κ2) is 6.36. The van der Waals surface area contributed by atoms with Crippen molar-refractivity contribution in [3.63, 3.8) is 0 Å². The van der Waals surface area contributed by atoms with Crippen molar-refractivity contribution < 1.29 is 14.2 Å². The van der Waals surface area contributed by atoms with Crippen molar-refractivity contribution in [1.29, 1.82) is 0 Å². The molecule has 0 spiro atoms. The van der Waals surface area contributed by atoms with Gasteiger partial charge in [0.2, 0.25) is 5.88 Å². The first-order valence-corrected chi connectivity index (χ1v) is 7.99. The number of hydrogen-bond acceptors (Lipinski definition) is 4. The average molecular weight is 334 g/mol. The van der Waals surface area contributed by atoms with Crippen molar-refractivity contribution in [2.75, 3.05) is 14.2 Å². The molecule has 0 unspecified atom stereocenters. The Kier molecular flexibility index (Phi) is 3.90. The predicted molar refractivity (Wildman–Crippen MR) is 97.5 cm³/mol. The SMILES string of the molecule is COc1cc2c(cc1OCc1ccccc1)[nH]c1ccnc(OC)c12. The molecule has 0 saturated heterocycles. The topological polar surface area (TPSA) is 56.4 Å². The van der Waals surface area contributed by atoms with E-state index in [0.29, 0.717) is 24.0 Å². The van der Waals surface area contributed by atoms with Gasteiger partial charge in [0, 0.05) is 17.6 Å². The third-order valence-corrected chi connectivity index (χ3v) is 4.19. The Morgan fingerprint density at radius 2 is 1.76 bits per heavy atom. The highest BCUT2D eigenvalue weighted by molar-refractivity contribution is 6.10. The number of hydrogen-bond donors (Lipinski definition) is 1. The van der Waals surface area contributed by atoms with Crippen LogP contribution in [0.2, 0.25) is 0 Å². The average Bonchev–Trinajstić information content (AvgIpc) is 3.03. The molecule has 0 aliphatic heterocycles. The van der Waals surface area contributed by atoms with Crippen LogP contribution >= 0.6 is 0 Å². The summed E-state index contributed by atoms with van der Waals surface area (Å²) in [5.41, 5.74) is 3.02. The van der Waals surface area contributed by atoms with Crippen LogP contribution in [0.4, 0.5) is 0 Å². The summed E-state index contributed by atoms with van der Waals surface area (Å²) in [5, 5.41) is 1.93. The molecule has 5 heteroatoms. The number of nitrogens with zero attached hydrogens (tertiary/aromatic N) is 1. The maximum Gasteiger partial charge on any atom is 0.223 e. The van der Waals surface area contributed by atoms with Gasteiger partial charge in [0.25, 0.3) is 0 Å². The number of nitrogens with one attached hydrogen (secondary N) is 1. The molecule has 4 rings (SSSR count). The molecule has 4 aromatic rings. The van der Waals surface area contributed by atoms with E-state index in [0.717, 1.165) is 27.4 Å². The Labute approximate surface area is 145 Å². The van der Waals surface area contributed by atoms with E-state index in [1.165, 1.54) is 0 Å². The maximum absolute atomic E-state index is 5.98. The summed E-state index contributed by atoms with van der Waals surface area (Å²) in [5.74, 6) is 1.95. The highest BCUT2D eigenvalue weighted by Gasteiger charge is 2.15. The van der Waals surface area contributed by atoms with Crippen molar-refractivity contribution in [1.82, 2.24) is 9.97 Å². The van der Waals surface area contributed by atoms with E-state index in [1.54, 1.807) is 20.4 Å². The highest BCUT2D eigenvalue weighted by atomic mass is 16.5. The minimum atomic E-state index is 0.480. The fourth-order valence-electron chi connectivity index (χ4n) is 2.98. The first-order chi connectivity index (χ1) is 12.3. The molecule has 25 heavy (non-hydrogen) atoms. The lowest BCUT2D eigenvalue weighted by molar-refractivity contribution is 0.285. The second-order valence-corrected chi connectivity index (χ2v) is 5.69. The molecule has 0 aliphatic rings. The van der Waals surface area contributed by atoms with E-state index < -0.39 is 0 Å². The van der Waals surface area contributed by atoms with E-state index in [2.05, 4.69) is 9.97 Å². The third kappa shape index (κ3) is 2.74. The molecule has 0 radical (unpaired) electrons. The van der Waals surface area contributed by atoms with Crippen LogP contribution in [0, 0.1) is 0 Å². The van der Waals surface area contributed by atoms with Gasteiger partial charge in [-0.3, -0.25) is 0 Å². The van der Waals surface area contributed by atoms with Gasteiger partial charge >= 0.3 is 0 Å². The first kappa shape index (κ1) is 15.3. The van der Waals surface area contributed by atoms with Crippen LogP contribution < -0.4 is 14.2 Å². The fourth-order valence-corrected chi connectivity index (χ4v) is 2.98. The molecule has 126 valence electrons. The van der Waals surface area contributed by atoms with Crippen molar-refractivity contribution in [2.24, 2.45) is 0 Å². The van der Waals surface area contributed by atoms with Gasteiger partial charge in [0.15, 0.2) is 11.5 Å². The number of pyridine rings is 1. The molecule has 0 fully saturated rings. The smallest absolute Gasteiger partial charge is 0.223 e. The van der Waals surface area contributed by atoms with Crippen LogP contribution in [0.1, 0.15) is 5.56 Å². The van der Waals surface area contributed by atoms with Gasteiger partial charge < -0.3 is 19.2 Å². The van der Waals surface area contributed by atoms with Crippen LogP contribution in [0.15, 0.2) is 54.7 Å². The third-order valence-electron chi connectivity index (χ3n) is 4.19. The summed E-state index contributed by atoms with van der Waals surface area (Å²) in [7, 11) is 3.26. The van der Waals surface area contributed by atoms with Gasteiger partial charge in [0.1, 0.15) is 6.61 Å². The Hall–Kier alpha value is -3.21. The number of ether oxygens (including phenoxy) is 3. The Morgan fingerprint density at radius 3 is 2.52 bits per heavy atom. The lowest BCUT2D eigenvalue weighted by Gasteiger charge is -2.11. The summed E-state index contributed by atoms with van der Waals surface area (Å²) in [4.78, 5) is 7.67. The molecular weight excluding hydrogens is 316 g/mol. The van der Waals surface area contributed by atoms with Gasteiger partial charge in [-0.25, -0.2) is 4.98 Å². The van der Waals surface area contributed by atoms with Crippen molar-refractivity contribution in [3.8, 4) is 17.4 Å². The molecule has 2 aromatic carbocycles. The van der Waals surface area contributed by atoms with Crippen LogP contribution in [-0.2, 0) is 6.61 Å². The Bertz CT molecular complexity index is 1030. The van der Waals surface area contributed by atoms with Gasteiger partial charge in [-0.1, -0.05) is 30.3 Å². The van der Waals surface area contributed by atoms with E-state index >= 15 is 0 Å². The van der Waals surface area contributed by atoms with Crippen molar-refractivity contribution in [3.05, 3.63) is 60.3 Å². The maximum atomic E-state index is 5.98. The van der Waals surface area contributed by atoms with Gasteiger partial charge in [-0.15, -0.1) is 0 Å². The summed E-state index contributed by atoms with van der Waals surface area (Å²) in [6.07, 6.45) is 1.72. The van der Waals surface area contributed by atoms with Crippen LogP contribution in [-0.4, -0.2) is 24.2 Å². The molecule has 0 amide bonds. The summed E-state index contributed by atoms with van der Waals surface area (Å²) in [6.45, 7) is 0.480. The highest BCUT2D eigenvalue weighted by Crippen LogP contribution is 2.38. The van der Waals surface area contributed by atoms with Crippen LogP contribution in [0.5, 0.6) is 17.4 Å². The number of H-pyrrole nitrogens is 1. The largest absolute Gasteiger partial charge is 0.493 e. The summed E-state index contributed by atoms with van der Waals surface area (Å²) >= 11 is 0. The van der Waals surface area contributed by atoms with Gasteiger partial charge in [-0.05, 0) is 17.7 Å². The van der Waals surface area contributed by atoms with E-state index in [1.807, 2.05) is 48.5 Å². The molecule has 0 bridgehead atoms. The fraction of sp³-hybridized carbons (Fsp3) is 0.150. The zero-order chi connectivity index (χ0) is 17.2. The molecule has 5 nitrogen and oxygen atoms in total. The number of rotatable bonds is 5. The van der Waals surface area contributed by atoms with Crippen molar-refractivity contribution in [2.45, 2.75) is 6.61 Å². The predicted octanol–water partition coefficient (Wildman–Crippen LogP) is 4.31. The van der Waals surface area contributed by atoms with Crippen LogP contribution in [0.25, 0.3) is 21.8 Å². The quantitative estimate of drug-likeness (QED) is 0.591. The second-order valence-electron chi connectivity index (χ2n) is 5.69. The number of aromatic amines is 1. The molecule has 0 atom stereocenters. The molecule has 0 aliphatic carbocycles. The van der Waals surface area contributed by atoms with Crippen LogP contribution in [0.3, 0.4) is 0 Å². The molecule has 0 saturated carbocycles. The molecule has 2 heterocycles. The number of methoxy groups -OCH3 is 2. The monoisotopic (exact) mass is 334 g/mol. The minimum Gasteiger partial charge on any atom is -0.493 e.